The molecule has 0 radical (unpaired) electrons. The second-order valence-corrected chi connectivity index (χ2v) is 9.24. The van der Waals surface area contributed by atoms with Crippen LogP contribution in [0.5, 0.6) is 0 Å². The number of ether oxygens (including phenoxy) is 2. The van der Waals surface area contributed by atoms with Gasteiger partial charge in [0.2, 0.25) is 11.5 Å². The monoisotopic (exact) mass is 492 g/mol. The van der Waals surface area contributed by atoms with E-state index in [0.29, 0.717) is 18.2 Å². The van der Waals surface area contributed by atoms with Crippen LogP contribution in [0, 0.1) is 18.8 Å². The van der Waals surface area contributed by atoms with E-state index in [1.165, 1.54) is 25.7 Å². The predicted molar refractivity (Wildman–Crippen MR) is 130 cm³/mol. The number of nitrogens with zero attached hydrogens (tertiary/aromatic N) is 2. The number of esters is 2. The summed E-state index contributed by atoms with van der Waals surface area (Å²) in [5, 5.41) is 16.4. The number of rotatable bonds is 8. The topological polar surface area (TPSA) is 128 Å². The molecule has 1 atom stereocenters. The number of hydrogen-bond donors (Lipinski definition) is 1. The van der Waals surface area contributed by atoms with Crippen molar-refractivity contribution in [1.82, 2.24) is 5.16 Å². The highest BCUT2D eigenvalue weighted by molar-refractivity contribution is 6.38. The normalized spacial score (nSPS) is 18.2. The Kier molecular flexibility index (Phi) is 11.9. The van der Waals surface area contributed by atoms with Crippen LogP contribution in [0.15, 0.2) is 9.68 Å². The summed E-state index contributed by atoms with van der Waals surface area (Å²) < 4.78 is 14.8. The zero-order chi connectivity index (χ0) is 25.8. The summed E-state index contributed by atoms with van der Waals surface area (Å²) in [5.74, 6) is -1.74. The molecule has 1 aromatic heterocycles. The van der Waals surface area contributed by atoms with Crippen LogP contribution in [0.4, 0.5) is 0 Å². The minimum absolute atomic E-state index is 0.108. The number of hydrogen-bond acceptors (Lipinski definition) is 9. The fraction of sp³-hybridized carbons (Fsp3) is 0.731. The maximum absolute atomic E-state index is 11.8. The van der Waals surface area contributed by atoms with Crippen molar-refractivity contribution >= 4 is 23.4 Å². The largest absolute Gasteiger partial charge is 0.460 e. The molecule has 0 bridgehead atoms. The van der Waals surface area contributed by atoms with Crippen LogP contribution in [0.25, 0.3) is 0 Å². The van der Waals surface area contributed by atoms with E-state index in [4.69, 9.17) is 14.5 Å². The van der Waals surface area contributed by atoms with Crippen molar-refractivity contribution in [1.29, 1.82) is 0 Å². The summed E-state index contributed by atoms with van der Waals surface area (Å²) in [5.41, 5.74) is 2.23. The van der Waals surface area contributed by atoms with Crippen molar-refractivity contribution in [2.45, 2.75) is 97.8 Å². The fourth-order valence-corrected chi connectivity index (χ4v) is 4.93. The first-order valence-electron chi connectivity index (χ1n) is 12.9. The standard InChI is InChI=1S/C13H21NO4.C13H19NO3/c1-3-18-13(16)12(15)9(2)11(14-17)10-7-5-4-6-8-10;1-3-16-13(15)12-9(2)11(14-17-12)10-7-5-4-6-8-10/h9-10,17H,3-8H2,1-2H3;10H,3-8H2,1-2H3/b14-11+;. The molecule has 196 valence electrons. The van der Waals surface area contributed by atoms with Gasteiger partial charge in [0, 0.05) is 17.4 Å². The van der Waals surface area contributed by atoms with Crippen LogP contribution in [0.1, 0.15) is 113 Å². The van der Waals surface area contributed by atoms with Gasteiger partial charge in [0.05, 0.1) is 30.5 Å². The molecule has 2 aliphatic carbocycles. The molecule has 1 unspecified atom stereocenters. The second kappa shape index (κ2) is 14.6. The van der Waals surface area contributed by atoms with Gasteiger partial charge < -0.3 is 19.2 Å². The molecule has 9 nitrogen and oxygen atoms in total. The molecule has 0 aromatic carbocycles. The Morgan fingerprint density at radius 1 is 1.00 bits per heavy atom. The van der Waals surface area contributed by atoms with Crippen LogP contribution < -0.4 is 0 Å². The zero-order valence-corrected chi connectivity index (χ0v) is 21.5. The van der Waals surface area contributed by atoms with E-state index >= 15 is 0 Å². The molecule has 2 saturated carbocycles. The Morgan fingerprint density at radius 3 is 2.11 bits per heavy atom. The summed E-state index contributed by atoms with van der Waals surface area (Å²) in [6, 6.07) is 0. The van der Waals surface area contributed by atoms with Gasteiger partial charge in [-0.3, -0.25) is 4.79 Å². The van der Waals surface area contributed by atoms with Gasteiger partial charge in [-0.25, -0.2) is 9.59 Å². The number of aromatic nitrogens is 1. The maximum atomic E-state index is 11.8. The minimum atomic E-state index is -0.845. The second-order valence-electron chi connectivity index (χ2n) is 9.24. The average Bonchev–Trinajstić information content (AvgIpc) is 3.27. The molecular weight excluding hydrogens is 452 g/mol. The maximum Gasteiger partial charge on any atom is 0.377 e. The van der Waals surface area contributed by atoms with E-state index < -0.39 is 23.6 Å². The minimum Gasteiger partial charge on any atom is -0.460 e. The third kappa shape index (κ3) is 7.90. The highest BCUT2D eigenvalue weighted by Crippen LogP contribution is 2.34. The molecule has 0 amide bonds. The fourth-order valence-electron chi connectivity index (χ4n) is 4.93. The quantitative estimate of drug-likeness (QED) is 0.169. The van der Waals surface area contributed by atoms with Crippen LogP contribution in [-0.4, -0.2) is 47.0 Å². The molecule has 35 heavy (non-hydrogen) atoms. The van der Waals surface area contributed by atoms with Crippen molar-refractivity contribution in [2.24, 2.45) is 17.0 Å². The molecule has 1 heterocycles. The first-order chi connectivity index (χ1) is 16.8. The van der Waals surface area contributed by atoms with E-state index in [9.17, 15) is 14.4 Å². The van der Waals surface area contributed by atoms with Crippen molar-refractivity contribution in [3.05, 3.63) is 17.0 Å². The number of Topliss-reactive ketones (excluding diaryl/α,β-unsaturated/α-hetero) is 1. The van der Waals surface area contributed by atoms with Crippen molar-refractivity contribution in [3.8, 4) is 0 Å². The van der Waals surface area contributed by atoms with E-state index in [-0.39, 0.29) is 18.3 Å². The zero-order valence-electron chi connectivity index (χ0n) is 21.5. The lowest BCUT2D eigenvalue weighted by Gasteiger charge is -2.24. The summed E-state index contributed by atoms with van der Waals surface area (Å²) in [4.78, 5) is 34.8. The van der Waals surface area contributed by atoms with E-state index in [1.807, 2.05) is 6.92 Å². The predicted octanol–water partition coefficient (Wildman–Crippen LogP) is 5.37. The van der Waals surface area contributed by atoms with Gasteiger partial charge in [-0.15, -0.1) is 0 Å². The van der Waals surface area contributed by atoms with Crippen molar-refractivity contribution in [3.63, 3.8) is 0 Å². The van der Waals surface area contributed by atoms with Gasteiger partial charge in [0.15, 0.2) is 0 Å². The Bertz CT molecular complexity index is 865. The summed E-state index contributed by atoms with van der Waals surface area (Å²) >= 11 is 0. The summed E-state index contributed by atoms with van der Waals surface area (Å²) in [7, 11) is 0. The van der Waals surface area contributed by atoms with Crippen LogP contribution in [0.2, 0.25) is 0 Å². The third-order valence-electron chi connectivity index (χ3n) is 6.87. The Balaban J connectivity index is 0.000000247. The van der Waals surface area contributed by atoms with E-state index in [1.54, 1.807) is 20.8 Å². The van der Waals surface area contributed by atoms with Crippen molar-refractivity contribution < 1.29 is 33.6 Å². The molecule has 1 aromatic rings. The lowest BCUT2D eigenvalue weighted by molar-refractivity contribution is -0.154. The molecule has 0 spiro atoms. The SMILES string of the molecule is CCOC(=O)C(=O)C(C)/C(=N\O)C1CCCCC1.CCOC(=O)c1onc(C2CCCCC2)c1C. The number of ketones is 1. The molecule has 1 N–H and O–H groups in total. The molecule has 2 fully saturated rings. The first-order valence-corrected chi connectivity index (χ1v) is 12.9. The Morgan fingerprint density at radius 2 is 1.57 bits per heavy atom. The van der Waals surface area contributed by atoms with Gasteiger partial charge >= 0.3 is 11.9 Å². The van der Waals surface area contributed by atoms with Gasteiger partial charge in [-0.2, -0.15) is 0 Å². The number of carbonyl (C=O) groups excluding carboxylic acids is 3. The highest BCUT2D eigenvalue weighted by atomic mass is 16.6. The highest BCUT2D eigenvalue weighted by Gasteiger charge is 2.32. The van der Waals surface area contributed by atoms with E-state index in [2.05, 4.69) is 15.0 Å². The lowest BCUT2D eigenvalue weighted by atomic mass is 9.80. The van der Waals surface area contributed by atoms with E-state index in [0.717, 1.165) is 49.8 Å². The first kappa shape index (κ1) is 28.5. The third-order valence-corrected chi connectivity index (χ3v) is 6.87. The lowest BCUT2D eigenvalue weighted by Crippen LogP contribution is -2.34. The van der Waals surface area contributed by atoms with Crippen molar-refractivity contribution in [2.75, 3.05) is 13.2 Å². The van der Waals surface area contributed by atoms with Gasteiger partial charge in [0.1, 0.15) is 0 Å². The molecular formula is C26H40N2O7. The smallest absolute Gasteiger partial charge is 0.377 e. The van der Waals surface area contributed by atoms with Gasteiger partial charge in [0.25, 0.3) is 0 Å². The number of oxime groups is 1. The molecule has 0 aliphatic heterocycles. The summed E-state index contributed by atoms with van der Waals surface area (Å²) in [6.45, 7) is 7.46. The molecule has 3 rings (SSSR count). The average molecular weight is 493 g/mol. The van der Waals surface area contributed by atoms with Crippen LogP contribution in [0.3, 0.4) is 0 Å². The van der Waals surface area contributed by atoms with Crippen LogP contribution >= 0.6 is 0 Å². The molecule has 2 aliphatic rings. The molecule has 9 heteroatoms. The van der Waals surface area contributed by atoms with Gasteiger partial charge in [-0.1, -0.05) is 48.8 Å². The summed E-state index contributed by atoms with van der Waals surface area (Å²) in [6.07, 6.45) is 11.2. The number of carbonyl (C=O) groups is 3. The Hall–Kier alpha value is -2.71. The van der Waals surface area contributed by atoms with Crippen LogP contribution in [-0.2, 0) is 19.1 Å². The molecule has 0 saturated heterocycles. The Labute approximate surface area is 207 Å². The van der Waals surface area contributed by atoms with Gasteiger partial charge in [-0.05, 0) is 53.4 Å².